The van der Waals surface area contributed by atoms with Crippen LogP contribution in [0.25, 0.3) is 11.6 Å². The number of aliphatic imine (C=N–C) groups is 1. The number of imidazole rings is 1. The smallest absolute Gasteiger partial charge is 0.326 e. The van der Waals surface area contributed by atoms with E-state index in [9.17, 15) is 9.90 Å². The Hall–Kier alpha value is -2.89. The number of aryl methyl sites for hydroxylation is 1. The van der Waals surface area contributed by atoms with Gasteiger partial charge in [0, 0.05) is 17.4 Å². The molecule has 0 fully saturated rings. The molecule has 0 saturated heterocycles. The number of rotatable bonds is 3. The van der Waals surface area contributed by atoms with E-state index >= 15 is 0 Å². The molecule has 0 aliphatic carbocycles. The second-order valence-electron chi connectivity index (χ2n) is 6.92. The molecule has 0 saturated carbocycles. The molecule has 0 atom stereocenters. The highest BCUT2D eigenvalue weighted by atomic mass is 16.6. The second kappa shape index (κ2) is 6.20. The maximum absolute atomic E-state index is 12.0. The Balaban J connectivity index is 1.87. The zero-order valence-corrected chi connectivity index (χ0v) is 14.8. The summed E-state index contributed by atoms with van der Waals surface area (Å²) in [4.78, 5) is 20.7. The normalized spacial score (nSPS) is 14.8. The van der Waals surface area contributed by atoms with E-state index in [1.165, 1.54) is 4.57 Å². The van der Waals surface area contributed by atoms with E-state index < -0.39 is 11.6 Å². The quantitative estimate of drug-likeness (QED) is 0.868. The Morgan fingerprint density at radius 1 is 1.32 bits per heavy atom. The monoisotopic (exact) mass is 339 g/mol. The van der Waals surface area contributed by atoms with Gasteiger partial charge in [0.1, 0.15) is 23.7 Å². The first-order chi connectivity index (χ1) is 11.7. The molecule has 0 radical (unpaired) electrons. The molecule has 1 aromatic heterocycles. The lowest BCUT2D eigenvalue weighted by Crippen LogP contribution is -2.26. The number of carbonyl (C=O) groups excluding carboxylic acids is 1. The summed E-state index contributed by atoms with van der Waals surface area (Å²) in [6, 6.07) is 7.76. The molecule has 6 heteroatoms. The highest BCUT2D eigenvalue weighted by molar-refractivity contribution is 6.21. The summed E-state index contributed by atoms with van der Waals surface area (Å²) in [6.45, 7) is 7.06. The van der Waals surface area contributed by atoms with Crippen LogP contribution >= 0.6 is 0 Å². The van der Waals surface area contributed by atoms with Crippen LogP contribution in [0, 0.1) is 6.92 Å². The number of allylic oxidation sites excluding steroid dienone is 1. The summed E-state index contributed by atoms with van der Waals surface area (Å²) in [5, 5.41) is 10.5. The van der Waals surface area contributed by atoms with E-state index in [4.69, 9.17) is 4.74 Å². The Morgan fingerprint density at radius 2 is 2.04 bits per heavy atom. The summed E-state index contributed by atoms with van der Waals surface area (Å²) in [6.07, 6.45) is 3.51. The molecular formula is C19H21N3O3. The van der Waals surface area contributed by atoms with Crippen LogP contribution in [0.1, 0.15) is 37.9 Å². The predicted molar refractivity (Wildman–Crippen MR) is 96.9 cm³/mol. The summed E-state index contributed by atoms with van der Waals surface area (Å²) in [5.41, 5.74) is 2.57. The molecule has 1 aromatic carbocycles. The number of ether oxygens (including phenoxy) is 1. The number of benzene rings is 1. The number of aromatic hydroxyl groups is 1. The largest absolute Gasteiger partial charge is 0.493 e. The molecule has 0 spiro atoms. The van der Waals surface area contributed by atoms with Crippen LogP contribution in [0.5, 0.6) is 5.88 Å². The SMILES string of the molecule is Cc1nc(C=C2C=Nc3ccccc32)c(O)n1CC(=O)OC(C)(C)C. The molecule has 2 aromatic rings. The predicted octanol–water partition coefficient (Wildman–Crippen LogP) is 3.50. The van der Waals surface area contributed by atoms with Gasteiger partial charge in [0.2, 0.25) is 5.88 Å². The number of aromatic nitrogens is 2. The lowest BCUT2D eigenvalue weighted by atomic mass is 10.1. The van der Waals surface area contributed by atoms with Gasteiger partial charge in [-0.05, 0) is 39.8 Å². The van der Waals surface area contributed by atoms with Crippen LogP contribution < -0.4 is 0 Å². The molecule has 1 aliphatic heterocycles. The van der Waals surface area contributed by atoms with Crippen LogP contribution in [0.2, 0.25) is 0 Å². The molecule has 0 unspecified atom stereocenters. The molecular weight excluding hydrogens is 318 g/mol. The van der Waals surface area contributed by atoms with Crippen LogP contribution in [-0.2, 0) is 16.1 Å². The number of fused-ring (bicyclic) bond motifs is 1. The van der Waals surface area contributed by atoms with E-state index in [0.717, 1.165) is 16.8 Å². The minimum atomic E-state index is -0.573. The first kappa shape index (κ1) is 17.0. The van der Waals surface area contributed by atoms with Gasteiger partial charge in [0.25, 0.3) is 0 Å². The van der Waals surface area contributed by atoms with Crippen molar-refractivity contribution in [3.05, 3.63) is 41.3 Å². The zero-order valence-electron chi connectivity index (χ0n) is 14.8. The van der Waals surface area contributed by atoms with Crippen molar-refractivity contribution >= 4 is 29.5 Å². The van der Waals surface area contributed by atoms with E-state index in [1.807, 2.05) is 24.3 Å². The molecule has 0 bridgehead atoms. The van der Waals surface area contributed by atoms with Gasteiger partial charge in [0.15, 0.2) is 0 Å². The minimum Gasteiger partial charge on any atom is -0.493 e. The van der Waals surface area contributed by atoms with Crippen LogP contribution in [0.4, 0.5) is 5.69 Å². The van der Waals surface area contributed by atoms with Crippen LogP contribution in [-0.4, -0.2) is 32.4 Å². The third-order valence-electron chi connectivity index (χ3n) is 3.71. The molecule has 130 valence electrons. The summed E-state index contributed by atoms with van der Waals surface area (Å²) in [5.74, 6) is 0.0577. The molecule has 0 amide bonds. The number of esters is 1. The van der Waals surface area contributed by atoms with Crippen LogP contribution in [0.15, 0.2) is 29.3 Å². The number of nitrogens with zero attached hydrogens (tertiary/aromatic N) is 3. The Morgan fingerprint density at radius 3 is 2.76 bits per heavy atom. The molecule has 25 heavy (non-hydrogen) atoms. The number of carbonyl (C=O) groups is 1. The van der Waals surface area contributed by atoms with Crippen molar-refractivity contribution < 1.29 is 14.6 Å². The summed E-state index contributed by atoms with van der Waals surface area (Å²) < 4.78 is 6.75. The highest BCUT2D eigenvalue weighted by Gasteiger charge is 2.21. The van der Waals surface area contributed by atoms with Crippen LogP contribution in [0.3, 0.4) is 0 Å². The summed E-state index contributed by atoms with van der Waals surface area (Å²) in [7, 11) is 0. The first-order valence-electron chi connectivity index (χ1n) is 8.08. The van der Waals surface area contributed by atoms with Gasteiger partial charge in [-0.3, -0.25) is 14.4 Å². The minimum absolute atomic E-state index is 0.0614. The first-order valence-corrected chi connectivity index (χ1v) is 8.08. The van der Waals surface area contributed by atoms with E-state index in [2.05, 4.69) is 9.98 Å². The van der Waals surface area contributed by atoms with Gasteiger partial charge >= 0.3 is 5.97 Å². The maximum atomic E-state index is 12.0. The fourth-order valence-corrected chi connectivity index (χ4v) is 2.67. The lowest BCUT2D eigenvalue weighted by molar-refractivity contribution is -0.155. The zero-order chi connectivity index (χ0) is 18.2. The van der Waals surface area contributed by atoms with E-state index in [1.54, 1.807) is 40.0 Å². The maximum Gasteiger partial charge on any atom is 0.326 e. The summed E-state index contributed by atoms with van der Waals surface area (Å²) >= 11 is 0. The highest BCUT2D eigenvalue weighted by Crippen LogP contribution is 2.33. The number of hydrogen-bond acceptors (Lipinski definition) is 5. The Labute approximate surface area is 146 Å². The van der Waals surface area contributed by atoms with Crippen molar-refractivity contribution in [2.75, 3.05) is 0 Å². The van der Waals surface area contributed by atoms with E-state index in [0.29, 0.717) is 11.5 Å². The van der Waals surface area contributed by atoms with Gasteiger partial charge in [-0.2, -0.15) is 0 Å². The van der Waals surface area contributed by atoms with E-state index in [-0.39, 0.29) is 12.4 Å². The van der Waals surface area contributed by atoms with Gasteiger partial charge in [-0.25, -0.2) is 4.98 Å². The van der Waals surface area contributed by atoms with Crippen molar-refractivity contribution in [1.29, 1.82) is 0 Å². The topological polar surface area (TPSA) is 76.7 Å². The van der Waals surface area contributed by atoms with Crippen molar-refractivity contribution in [3.63, 3.8) is 0 Å². The second-order valence-corrected chi connectivity index (χ2v) is 6.92. The standard InChI is InChI=1S/C19H21N3O3/c1-12-21-16(9-13-10-20-15-8-6-5-7-14(13)15)18(24)22(12)11-17(23)25-19(2,3)4/h5-10,24H,11H2,1-4H3. The van der Waals surface area contributed by atoms with Gasteiger partial charge < -0.3 is 9.84 Å². The molecule has 3 rings (SSSR count). The molecule has 1 N–H and O–H groups in total. The third-order valence-corrected chi connectivity index (χ3v) is 3.71. The number of para-hydroxylation sites is 1. The Bertz CT molecular complexity index is 886. The lowest BCUT2D eigenvalue weighted by Gasteiger charge is -2.19. The van der Waals surface area contributed by atoms with Crippen molar-refractivity contribution in [1.82, 2.24) is 9.55 Å². The van der Waals surface area contributed by atoms with Gasteiger partial charge in [0.05, 0.1) is 5.69 Å². The van der Waals surface area contributed by atoms with Crippen molar-refractivity contribution in [3.8, 4) is 5.88 Å². The molecule has 2 heterocycles. The van der Waals surface area contributed by atoms with Crippen molar-refractivity contribution in [2.45, 2.75) is 39.8 Å². The fourth-order valence-electron chi connectivity index (χ4n) is 2.67. The Kier molecular flexibility index (Phi) is 4.20. The average molecular weight is 339 g/mol. The molecule has 6 nitrogen and oxygen atoms in total. The fraction of sp³-hybridized carbons (Fsp3) is 0.316. The average Bonchev–Trinajstić information content (AvgIpc) is 3.03. The number of hydrogen-bond donors (Lipinski definition) is 1. The van der Waals surface area contributed by atoms with Gasteiger partial charge in [-0.15, -0.1) is 0 Å². The van der Waals surface area contributed by atoms with Crippen molar-refractivity contribution in [2.24, 2.45) is 4.99 Å². The van der Waals surface area contributed by atoms with Gasteiger partial charge in [-0.1, -0.05) is 18.2 Å². The molecule has 1 aliphatic rings. The third kappa shape index (κ3) is 3.63.